The van der Waals surface area contributed by atoms with E-state index in [1.54, 1.807) is 25.1 Å². The summed E-state index contributed by atoms with van der Waals surface area (Å²) in [4.78, 5) is 49.8. The van der Waals surface area contributed by atoms with Gasteiger partial charge in [0.2, 0.25) is 0 Å². The largest absolute Gasteiger partial charge is 0.545 e. The second-order valence-electron chi connectivity index (χ2n) is 7.00. The SMILES string of the molecule is Cc1c(C(=O)[O-])cccc1-c1ccc(/C=C2\C(=O)NC(=O)N(c3cccc(Cl)c3Cl)C2=O)o1. The average molecular weight is 484 g/mol. The number of urea groups is 1. The number of aromatic carboxylic acids is 1. The van der Waals surface area contributed by atoms with Crippen molar-refractivity contribution < 1.29 is 28.7 Å². The number of carboxylic acid groups (broad SMARTS) is 1. The van der Waals surface area contributed by atoms with Gasteiger partial charge in [-0.3, -0.25) is 14.9 Å². The molecule has 0 saturated carbocycles. The second-order valence-corrected chi connectivity index (χ2v) is 7.78. The van der Waals surface area contributed by atoms with Gasteiger partial charge in [-0.15, -0.1) is 0 Å². The Hall–Kier alpha value is -3.88. The summed E-state index contributed by atoms with van der Waals surface area (Å²) in [5.74, 6) is -2.70. The van der Waals surface area contributed by atoms with Crippen LogP contribution in [0.5, 0.6) is 0 Å². The first-order valence-electron chi connectivity index (χ1n) is 9.45. The van der Waals surface area contributed by atoms with Crippen LogP contribution in [-0.4, -0.2) is 23.8 Å². The van der Waals surface area contributed by atoms with Crippen molar-refractivity contribution in [3.05, 3.63) is 81.0 Å². The van der Waals surface area contributed by atoms with Crippen LogP contribution in [0.25, 0.3) is 17.4 Å². The van der Waals surface area contributed by atoms with Crippen molar-refractivity contribution in [3.63, 3.8) is 0 Å². The molecule has 1 saturated heterocycles. The Labute approximate surface area is 197 Å². The molecule has 1 aliphatic rings. The van der Waals surface area contributed by atoms with Gasteiger partial charge in [-0.1, -0.05) is 47.5 Å². The third-order valence-corrected chi connectivity index (χ3v) is 5.82. The number of furan rings is 1. The molecule has 1 aromatic heterocycles. The predicted molar refractivity (Wildman–Crippen MR) is 119 cm³/mol. The highest BCUT2D eigenvalue weighted by atomic mass is 35.5. The number of anilines is 1. The van der Waals surface area contributed by atoms with E-state index in [-0.39, 0.29) is 32.6 Å². The number of amides is 4. The van der Waals surface area contributed by atoms with Crippen LogP contribution in [0.2, 0.25) is 10.0 Å². The molecule has 0 radical (unpaired) electrons. The van der Waals surface area contributed by atoms with Crippen molar-refractivity contribution in [1.29, 1.82) is 0 Å². The maximum atomic E-state index is 13.0. The number of carbonyl (C=O) groups is 4. The van der Waals surface area contributed by atoms with E-state index in [0.717, 1.165) is 0 Å². The van der Waals surface area contributed by atoms with Crippen LogP contribution in [0, 0.1) is 6.92 Å². The number of barbiturate groups is 1. The van der Waals surface area contributed by atoms with Crippen molar-refractivity contribution in [2.45, 2.75) is 6.92 Å². The van der Waals surface area contributed by atoms with Crippen LogP contribution < -0.4 is 15.3 Å². The molecular formula is C23H13Cl2N2O6-. The fourth-order valence-corrected chi connectivity index (χ4v) is 3.76. The highest BCUT2D eigenvalue weighted by Crippen LogP contribution is 2.34. The van der Waals surface area contributed by atoms with Crippen LogP contribution in [0.1, 0.15) is 21.7 Å². The number of carboxylic acids is 1. The van der Waals surface area contributed by atoms with E-state index >= 15 is 0 Å². The van der Waals surface area contributed by atoms with Crippen LogP contribution >= 0.6 is 23.2 Å². The second kappa shape index (κ2) is 8.57. The minimum atomic E-state index is -1.32. The Balaban J connectivity index is 1.72. The Kier molecular flexibility index (Phi) is 5.80. The first-order valence-corrected chi connectivity index (χ1v) is 10.2. The fraction of sp³-hybridized carbons (Fsp3) is 0.0435. The van der Waals surface area contributed by atoms with Gasteiger partial charge < -0.3 is 14.3 Å². The summed E-state index contributed by atoms with van der Waals surface area (Å²) in [6.45, 7) is 1.61. The van der Waals surface area contributed by atoms with Crippen molar-refractivity contribution in [2.75, 3.05) is 4.90 Å². The molecule has 4 amide bonds. The molecule has 1 N–H and O–H groups in total. The zero-order valence-electron chi connectivity index (χ0n) is 16.8. The van der Waals surface area contributed by atoms with Gasteiger partial charge >= 0.3 is 6.03 Å². The maximum absolute atomic E-state index is 13.0. The Morgan fingerprint density at radius 1 is 1.06 bits per heavy atom. The zero-order valence-corrected chi connectivity index (χ0v) is 18.4. The summed E-state index contributed by atoms with van der Waals surface area (Å²) in [7, 11) is 0. The molecule has 2 heterocycles. The van der Waals surface area contributed by atoms with Gasteiger partial charge in [0.05, 0.1) is 21.7 Å². The van der Waals surface area contributed by atoms with Gasteiger partial charge in [0.15, 0.2) is 0 Å². The van der Waals surface area contributed by atoms with Gasteiger partial charge in [0.25, 0.3) is 11.8 Å². The molecule has 1 fully saturated rings. The first-order chi connectivity index (χ1) is 15.7. The minimum Gasteiger partial charge on any atom is -0.545 e. The van der Waals surface area contributed by atoms with Crippen molar-refractivity contribution >= 4 is 58.8 Å². The maximum Gasteiger partial charge on any atom is 0.336 e. The molecular weight excluding hydrogens is 471 g/mol. The van der Waals surface area contributed by atoms with Crippen LogP contribution in [-0.2, 0) is 9.59 Å². The lowest BCUT2D eigenvalue weighted by Crippen LogP contribution is -2.54. The highest BCUT2D eigenvalue weighted by Gasteiger charge is 2.38. The lowest BCUT2D eigenvalue weighted by Gasteiger charge is -2.27. The van der Waals surface area contributed by atoms with Gasteiger partial charge in [-0.2, -0.15) is 0 Å². The molecule has 0 aliphatic carbocycles. The molecule has 0 unspecified atom stereocenters. The molecule has 0 spiro atoms. The summed E-state index contributed by atoms with van der Waals surface area (Å²) in [5, 5.41) is 13.5. The molecule has 4 rings (SSSR count). The van der Waals surface area contributed by atoms with Gasteiger partial charge in [0, 0.05) is 11.1 Å². The van der Waals surface area contributed by atoms with Gasteiger partial charge in [-0.25, -0.2) is 9.69 Å². The standard InChI is InChI=1S/C23H14Cl2N2O6/c1-11-13(4-2-5-14(11)22(30)31)18-9-8-12(33-18)10-15-20(28)26-23(32)27(21(15)29)17-7-3-6-16(24)19(17)25/h2-10H,1H3,(H,30,31)(H,26,28,32)/p-1/b15-10+. The normalized spacial score (nSPS) is 15.2. The number of carbonyl (C=O) groups excluding carboxylic acids is 4. The predicted octanol–water partition coefficient (Wildman–Crippen LogP) is 3.59. The average Bonchev–Trinajstić information content (AvgIpc) is 3.22. The number of halogens is 2. The van der Waals surface area contributed by atoms with E-state index in [1.807, 2.05) is 0 Å². The Morgan fingerprint density at radius 3 is 2.52 bits per heavy atom. The zero-order chi connectivity index (χ0) is 23.9. The third-order valence-electron chi connectivity index (χ3n) is 5.01. The highest BCUT2D eigenvalue weighted by molar-refractivity contribution is 6.46. The van der Waals surface area contributed by atoms with Crippen molar-refractivity contribution in [3.8, 4) is 11.3 Å². The molecule has 166 valence electrons. The van der Waals surface area contributed by atoms with Gasteiger partial charge in [0.1, 0.15) is 17.1 Å². The topological polar surface area (TPSA) is 120 Å². The van der Waals surface area contributed by atoms with Crippen LogP contribution in [0.15, 0.2) is 58.5 Å². The smallest absolute Gasteiger partial charge is 0.336 e. The van der Waals surface area contributed by atoms with E-state index in [1.165, 1.54) is 36.4 Å². The van der Waals surface area contributed by atoms with E-state index < -0.39 is 23.8 Å². The van der Waals surface area contributed by atoms with Crippen molar-refractivity contribution in [2.24, 2.45) is 0 Å². The van der Waals surface area contributed by atoms with E-state index in [4.69, 9.17) is 27.6 Å². The van der Waals surface area contributed by atoms with E-state index in [0.29, 0.717) is 21.8 Å². The number of nitrogens with one attached hydrogen (secondary N) is 1. The number of hydrogen-bond acceptors (Lipinski definition) is 6. The number of imide groups is 2. The molecule has 3 aromatic rings. The van der Waals surface area contributed by atoms with E-state index in [2.05, 4.69) is 5.32 Å². The molecule has 0 atom stereocenters. The minimum absolute atomic E-state index is 0.0122. The summed E-state index contributed by atoms with van der Waals surface area (Å²) in [6.07, 6.45) is 1.18. The number of hydrogen-bond donors (Lipinski definition) is 1. The molecule has 10 heteroatoms. The summed E-state index contributed by atoms with van der Waals surface area (Å²) in [5.41, 5.74) is 0.595. The summed E-state index contributed by atoms with van der Waals surface area (Å²) >= 11 is 12.1. The quantitative estimate of drug-likeness (QED) is 0.447. The number of nitrogens with zero attached hydrogens (tertiary/aromatic N) is 1. The van der Waals surface area contributed by atoms with Crippen LogP contribution in [0.4, 0.5) is 10.5 Å². The van der Waals surface area contributed by atoms with Crippen molar-refractivity contribution in [1.82, 2.24) is 5.32 Å². The molecule has 2 aromatic carbocycles. The molecule has 0 bridgehead atoms. The fourth-order valence-electron chi connectivity index (χ4n) is 3.38. The van der Waals surface area contributed by atoms with E-state index in [9.17, 15) is 24.3 Å². The summed E-state index contributed by atoms with van der Waals surface area (Å²) < 4.78 is 5.72. The molecule has 1 aliphatic heterocycles. The van der Waals surface area contributed by atoms with Crippen LogP contribution in [0.3, 0.4) is 0 Å². The first kappa shape index (κ1) is 22.3. The molecule has 33 heavy (non-hydrogen) atoms. The van der Waals surface area contributed by atoms with Gasteiger partial charge in [-0.05, 0) is 42.8 Å². The Morgan fingerprint density at radius 2 is 1.79 bits per heavy atom. The number of benzene rings is 2. The summed E-state index contributed by atoms with van der Waals surface area (Å²) in [6, 6.07) is 11.1. The monoisotopic (exact) mass is 483 g/mol. The Bertz CT molecular complexity index is 1380. The number of rotatable bonds is 4. The third kappa shape index (κ3) is 4.02. The molecule has 8 nitrogen and oxygen atoms in total. The lowest BCUT2D eigenvalue weighted by molar-refractivity contribution is -0.255. The lowest BCUT2D eigenvalue weighted by atomic mass is 10.0.